The van der Waals surface area contributed by atoms with Gasteiger partial charge in [0.15, 0.2) is 0 Å². The average molecular weight is 300 g/mol. The van der Waals surface area contributed by atoms with Gasteiger partial charge in [-0.15, -0.1) is 0 Å². The maximum absolute atomic E-state index is 12.4. The number of rotatable bonds is 4. The lowest BCUT2D eigenvalue weighted by atomic mass is 9.87. The summed E-state index contributed by atoms with van der Waals surface area (Å²) in [4.78, 5) is 11.8. The number of nitrogens with one attached hydrogen (secondary N) is 2. The van der Waals surface area contributed by atoms with Crippen molar-refractivity contribution in [2.75, 3.05) is 12.3 Å². The van der Waals surface area contributed by atoms with E-state index in [9.17, 15) is 13.2 Å². The van der Waals surface area contributed by atoms with E-state index in [0.717, 1.165) is 38.0 Å². The fourth-order valence-electron chi connectivity index (χ4n) is 4.23. The van der Waals surface area contributed by atoms with Gasteiger partial charge in [0.25, 0.3) is 0 Å². The fourth-order valence-corrected chi connectivity index (χ4v) is 6.18. The summed E-state index contributed by atoms with van der Waals surface area (Å²) in [6, 6.07) is -0.572. The van der Waals surface area contributed by atoms with Crippen LogP contribution in [-0.4, -0.2) is 32.7 Å². The maximum atomic E-state index is 12.4. The molecule has 6 heteroatoms. The fraction of sp³-hybridized carbons (Fsp3) is 0.929. The first kappa shape index (κ1) is 14.3. The van der Waals surface area contributed by atoms with Gasteiger partial charge in [0.05, 0.1) is 5.75 Å². The molecule has 1 amide bonds. The van der Waals surface area contributed by atoms with Crippen molar-refractivity contribution in [3.05, 3.63) is 0 Å². The molecule has 3 aliphatic rings. The molecule has 2 saturated carbocycles. The molecule has 1 saturated heterocycles. The third-order valence-corrected chi connectivity index (χ3v) is 6.88. The van der Waals surface area contributed by atoms with Crippen molar-refractivity contribution < 1.29 is 13.2 Å². The van der Waals surface area contributed by atoms with E-state index >= 15 is 0 Å². The van der Waals surface area contributed by atoms with Crippen LogP contribution in [0, 0.1) is 11.3 Å². The van der Waals surface area contributed by atoms with Gasteiger partial charge in [-0.05, 0) is 62.7 Å². The molecule has 20 heavy (non-hydrogen) atoms. The highest BCUT2D eigenvalue weighted by Gasteiger charge is 2.47. The Balaban J connectivity index is 1.64. The highest BCUT2D eigenvalue weighted by molar-refractivity contribution is 7.89. The molecule has 0 spiro atoms. The van der Waals surface area contributed by atoms with Gasteiger partial charge in [-0.25, -0.2) is 13.1 Å². The molecule has 0 aromatic carbocycles. The topological polar surface area (TPSA) is 75.3 Å². The Morgan fingerprint density at radius 3 is 2.60 bits per heavy atom. The van der Waals surface area contributed by atoms with E-state index < -0.39 is 16.1 Å². The summed E-state index contributed by atoms with van der Waals surface area (Å²) in [5.41, 5.74) is -0.00228. The normalized spacial score (nSPS) is 37.7. The lowest BCUT2D eigenvalue weighted by molar-refractivity contribution is -0.122. The number of hydrogen-bond donors (Lipinski definition) is 2. The summed E-state index contributed by atoms with van der Waals surface area (Å²) in [5, 5.41) is 2.78. The lowest BCUT2D eigenvalue weighted by Gasteiger charge is -2.27. The molecule has 2 N–H and O–H groups in total. The van der Waals surface area contributed by atoms with Crippen LogP contribution < -0.4 is 10.0 Å². The second-order valence-electron chi connectivity index (χ2n) is 6.86. The van der Waals surface area contributed by atoms with Gasteiger partial charge in [-0.3, -0.25) is 4.79 Å². The molecule has 114 valence electrons. The van der Waals surface area contributed by atoms with E-state index in [2.05, 4.69) is 10.0 Å². The Hall–Kier alpha value is -0.620. The minimum Gasteiger partial charge on any atom is -0.355 e. The highest BCUT2D eigenvalue weighted by atomic mass is 32.2. The van der Waals surface area contributed by atoms with E-state index in [-0.39, 0.29) is 17.1 Å². The molecule has 2 aliphatic carbocycles. The van der Waals surface area contributed by atoms with Crippen molar-refractivity contribution in [2.24, 2.45) is 11.3 Å². The zero-order valence-electron chi connectivity index (χ0n) is 11.9. The quantitative estimate of drug-likeness (QED) is 0.818. The van der Waals surface area contributed by atoms with E-state index in [1.54, 1.807) is 0 Å². The Bertz CT molecular complexity index is 481. The van der Waals surface area contributed by atoms with Gasteiger partial charge >= 0.3 is 0 Å². The van der Waals surface area contributed by atoms with Crippen LogP contribution in [0.2, 0.25) is 0 Å². The molecule has 0 aromatic rings. The van der Waals surface area contributed by atoms with E-state index in [1.807, 2.05) is 0 Å². The first-order valence-electron chi connectivity index (χ1n) is 7.76. The largest absolute Gasteiger partial charge is 0.355 e. The van der Waals surface area contributed by atoms with Crippen molar-refractivity contribution in [1.82, 2.24) is 10.0 Å². The number of sulfonamides is 1. The summed E-state index contributed by atoms with van der Waals surface area (Å²) in [5.74, 6) is 0.783. The summed E-state index contributed by atoms with van der Waals surface area (Å²) in [6.45, 7) is 0.655. The van der Waals surface area contributed by atoms with Crippen LogP contribution in [-0.2, 0) is 14.8 Å². The second-order valence-corrected chi connectivity index (χ2v) is 8.62. The molecule has 5 nitrogen and oxygen atoms in total. The van der Waals surface area contributed by atoms with Gasteiger partial charge in [-0.2, -0.15) is 0 Å². The standard InChI is InChI=1S/C14H24N2O3S/c17-13-12(3-1-2-8-15-13)16-20(18,19)10-14-6-4-11(9-14)5-7-14/h11-12,16H,1-10H2,(H,15,17). The van der Waals surface area contributed by atoms with E-state index in [4.69, 9.17) is 0 Å². The first-order chi connectivity index (χ1) is 9.48. The van der Waals surface area contributed by atoms with Crippen molar-refractivity contribution in [3.63, 3.8) is 0 Å². The summed E-state index contributed by atoms with van der Waals surface area (Å²) in [6.07, 6.45) is 7.92. The highest BCUT2D eigenvalue weighted by Crippen LogP contribution is 2.54. The number of carbonyl (C=O) groups excluding carboxylic acids is 1. The number of fused-ring (bicyclic) bond motifs is 2. The van der Waals surface area contributed by atoms with Gasteiger partial charge in [0.1, 0.15) is 6.04 Å². The van der Waals surface area contributed by atoms with Crippen molar-refractivity contribution in [3.8, 4) is 0 Å². The van der Waals surface area contributed by atoms with Crippen LogP contribution in [0.15, 0.2) is 0 Å². The molecule has 1 heterocycles. The molecule has 2 bridgehead atoms. The summed E-state index contributed by atoms with van der Waals surface area (Å²) >= 11 is 0. The molecule has 3 fully saturated rings. The molecule has 1 unspecified atom stereocenters. The minimum atomic E-state index is -3.37. The predicted molar refractivity (Wildman–Crippen MR) is 76.6 cm³/mol. The van der Waals surface area contributed by atoms with E-state index in [1.165, 1.54) is 12.8 Å². The van der Waals surface area contributed by atoms with Crippen LogP contribution >= 0.6 is 0 Å². The summed E-state index contributed by atoms with van der Waals surface area (Å²) < 4.78 is 27.5. The average Bonchev–Trinajstić information content (AvgIpc) is 2.89. The molecule has 3 rings (SSSR count). The van der Waals surface area contributed by atoms with Crippen LogP contribution in [0.1, 0.15) is 51.4 Å². The smallest absolute Gasteiger partial charge is 0.238 e. The molecule has 0 radical (unpaired) electrons. The molecule has 1 aliphatic heterocycles. The SMILES string of the molecule is O=C1NCCCCC1NS(=O)(=O)CC12CCC(CC1)C2. The van der Waals surface area contributed by atoms with Gasteiger partial charge in [0, 0.05) is 6.54 Å². The van der Waals surface area contributed by atoms with Crippen molar-refractivity contribution >= 4 is 15.9 Å². The molecule has 1 atom stereocenters. The minimum absolute atomic E-state index is 0.00228. The first-order valence-corrected chi connectivity index (χ1v) is 9.41. The summed E-state index contributed by atoms with van der Waals surface area (Å²) in [7, 11) is -3.37. The van der Waals surface area contributed by atoms with Crippen LogP contribution in [0.4, 0.5) is 0 Å². The molecular formula is C14H24N2O3S. The Labute approximate surface area is 120 Å². The van der Waals surface area contributed by atoms with Crippen molar-refractivity contribution in [1.29, 1.82) is 0 Å². The number of amides is 1. The Kier molecular flexibility index (Phi) is 3.79. The predicted octanol–water partition coefficient (Wildman–Crippen LogP) is 1.15. The lowest BCUT2D eigenvalue weighted by Crippen LogP contribution is -2.47. The van der Waals surface area contributed by atoms with Crippen LogP contribution in [0.25, 0.3) is 0 Å². The molecular weight excluding hydrogens is 276 g/mol. The van der Waals surface area contributed by atoms with Gasteiger partial charge in [-0.1, -0.05) is 0 Å². The Morgan fingerprint density at radius 1 is 1.20 bits per heavy atom. The second kappa shape index (κ2) is 5.30. The monoisotopic (exact) mass is 300 g/mol. The Morgan fingerprint density at radius 2 is 1.95 bits per heavy atom. The van der Waals surface area contributed by atoms with Gasteiger partial charge < -0.3 is 5.32 Å². The number of hydrogen-bond acceptors (Lipinski definition) is 3. The third-order valence-electron chi connectivity index (χ3n) is 5.24. The van der Waals surface area contributed by atoms with Crippen LogP contribution in [0.5, 0.6) is 0 Å². The maximum Gasteiger partial charge on any atom is 0.238 e. The number of carbonyl (C=O) groups is 1. The molecule has 0 aromatic heterocycles. The van der Waals surface area contributed by atoms with Gasteiger partial charge in [0.2, 0.25) is 15.9 Å². The van der Waals surface area contributed by atoms with E-state index in [0.29, 0.717) is 13.0 Å². The zero-order chi connectivity index (χ0) is 14.2. The zero-order valence-corrected chi connectivity index (χ0v) is 12.7. The van der Waals surface area contributed by atoms with Crippen LogP contribution in [0.3, 0.4) is 0 Å². The third kappa shape index (κ3) is 3.01. The van der Waals surface area contributed by atoms with Crippen molar-refractivity contribution in [2.45, 2.75) is 57.4 Å².